The van der Waals surface area contributed by atoms with Crippen molar-refractivity contribution in [3.63, 3.8) is 0 Å². The minimum Gasteiger partial charge on any atom is -0.462 e. The molecule has 176 valence electrons. The first kappa shape index (κ1) is 24.8. The van der Waals surface area contributed by atoms with E-state index in [0.29, 0.717) is 42.2 Å². The van der Waals surface area contributed by atoms with Gasteiger partial charge in [0.15, 0.2) is 5.78 Å². The van der Waals surface area contributed by atoms with Crippen LogP contribution < -0.4 is 4.90 Å². The van der Waals surface area contributed by atoms with Crippen LogP contribution in [-0.4, -0.2) is 49.4 Å². The number of anilines is 1. The Balaban J connectivity index is 1.89. The molecule has 0 fully saturated rings. The van der Waals surface area contributed by atoms with Gasteiger partial charge in [-0.15, -0.1) is 0 Å². The van der Waals surface area contributed by atoms with E-state index in [1.165, 1.54) is 6.92 Å². The predicted octanol–water partition coefficient (Wildman–Crippen LogP) is 4.35. The molecule has 0 saturated carbocycles. The molecular formula is C27H28N2O5. The number of hydrogen-bond acceptors (Lipinski definition) is 7. The van der Waals surface area contributed by atoms with E-state index in [9.17, 15) is 14.4 Å². The average Bonchev–Trinajstić information content (AvgIpc) is 2.86. The molecule has 0 spiro atoms. The molecular weight excluding hydrogens is 432 g/mol. The summed E-state index contributed by atoms with van der Waals surface area (Å²) in [7, 11) is 1.62. The van der Waals surface area contributed by atoms with Gasteiger partial charge in [-0.2, -0.15) is 0 Å². The van der Waals surface area contributed by atoms with Gasteiger partial charge in [-0.1, -0.05) is 48.5 Å². The fourth-order valence-corrected chi connectivity index (χ4v) is 3.61. The smallest absolute Gasteiger partial charge is 0.341 e. The number of aromatic nitrogens is 1. The third-order valence-corrected chi connectivity index (χ3v) is 5.28. The molecule has 0 N–H and O–H groups in total. The third kappa shape index (κ3) is 5.94. The molecule has 0 radical (unpaired) electrons. The van der Waals surface area contributed by atoms with Crippen molar-refractivity contribution in [3.05, 3.63) is 83.6 Å². The number of carbonyl (C=O) groups excluding carboxylic acids is 3. The van der Waals surface area contributed by atoms with Crippen LogP contribution in [0.1, 0.15) is 40.1 Å². The highest BCUT2D eigenvalue weighted by Gasteiger charge is 2.20. The summed E-state index contributed by atoms with van der Waals surface area (Å²) in [5.41, 5.74) is 3.31. The summed E-state index contributed by atoms with van der Waals surface area (Å²) in [6, 6.07) is 18.2. The maximum atomic E-state index is 12.5. The molecule has 1 heterocycles. The van der Waals surface area contributed by atoms with Gasteiger partial charge in [0.2, 0.25) is 5.78 Å². The van der Waals surface area contributed by atoms with Crippen LogP contribution in [-0.2, 0) is 20.8 Å². The number of hydrogen-bond donors (Lipinski definition) is 0. The minimum atomic E-state index is -0.507. The molecule has 7 heteroatoms. The molecule has 34 heavy (non-hydrogen) atoms. The number of ether oxygens (including phenoxy) is 2. The average molecular weight is 461 g/mol. The Morgan fingerprint density at radius 2 is 1.65 bits per heavy atom. The monoisotopic (exact) mass is 460 g/mol. The molecule has 0 atom stereocenters. The van der Waals surface area contributed by atoms with Crippen molar-refractivity contribution >= 4 is 23.4 Å². The summed E-state index contributed by atoms with van der Waals surface area (Å²) in [6.45, 7) is 4.79. The van der Waals surface area contributed by atoms with Crippen molar-refractivity contribution in [3.8, 4) is 11.1 Å². The highest BCUT2D eigenvalue weighted by atomic mass is 16.5. The van der Waals surface area contributed by atoms with E-state index in [4.69, 9.17) is 9.47 Å². The highest BCUT2D eigenvalue weighted by molar-refractivity contribution is 6.44. The number of esters is 1. The molecule has 2 aromatic carbocycles. The number of ketones is 2. The van der Waals surface area contributed by atoms with E-state index < -0.39 is 17.5 Å². The Bertz CT molecular complexity index is 1160. The van der Waals surface area contributed by atoms with Crippen molar-refractivity contribution in [2.75, 3.05) is 31.8 Å². The van der Waals surface area contributed by atoms with E-state index in [1.54, 1.807) is 44.5 Å². The lowest BCUT2D eigenvalue weighted by Crippen LogP contribution is -2.29. The second kappa shape index (κ2) is 11.9. The summed E-state index contributed by atoms with van der Waals surface area (Å²) in [5, 5.41) is 0. The quantitative estimate of drug-likeness (QED) is 0.239. The molecule has 0 amide bonds. The lowest BCUT2D eigenvalue weighted by atomic mass is 9.95. The molecule has 1 aromatic heterocycles. The van der Waals surface area contributed by atoms with Crippen LogP contribution in [0.4, 0.5) is 5.82 Å². The maximum Gasteiger partial charge on any atom is 0.341 e. The van der Waals surface area contributed by atoms with Gasteiger partial charge in [0.05, 0.1) is 13.2 Å². The van der Waals surface area contributed by atoms with Gasteiger partial charge < -0.3 is 14.4 Å². The fraction of sp³-hybridized carbons (Fsp3) is 0.259. The largest absolute Gasteiger partial charge is 0.462 e. The summed E-state index contributed by atoms with van der Waals surface area (Å²) >= 11 is 0. The van der Waals surface area contributed by atoms with Gasteiger partial charge >= 0.3 is 5.97 Å². The second-order valence-corrected chi connectivity index (χ2v) is 7.64. The van der Waals surface area contributed by atoms with Crippen LogP contribution in [0.3, 0.4) is 0 Å². The molecule has 0 aliphatic heterocycles. The first-order valence-corrected chi connectivity index (χ1v) is 11.1. The number of methoxy groups -OCH3 is 1. The molecule has 0 saturated heterocycles. The van der Waals surface area contributed by atoms with Crippen molar-refractivity contribution < 1.29 is 23.9 Å². The van der Waals surface area contributed by atoms with E-state index in [1.807, 2.05) is 41.3 Å². The van der Waals surface area contributed by atoms with Crippen molar-refractivity contribution in [1.29, 1.82) is 0 Å². The Morgan fingerprint density at radius 1 is 0.941 bits per heavy atom. The normalized spacial score (nSPS) is 10.6. The number of Topliss-reactive ketones (excluding diaryl/α,β-unsaturated/α-hetero) is 2. The van der Waals surface area contributed by atoms with Gasteiger partial charge in [-0.05, 0) is 35.7 Å². The van der Waals surface area contributed by atoms with Crippen molar-refractivity contribution in [2.24, 2.45) is 0 Å². The van der Waals surface area contributed by atoms with Crippen LogP contribution >= 0.6 is 0 Å². The van der Waals surface area contributed by atoms with Crippen molar-refractivity contribution in [1.82, 2.24) is 4.98 Å². The van der Waals surface area contributed by atoms with Crippen LogP contribution in [0.25, 0.3) is 11.1 Å². The Hall–Kier alpha value is -3.84. The van der Waals surface area contributed by atoms with E-state index >= 15 is 0 Å². The van der Waals surface area contributed by atoms with E-state index in [2.05, 4.69) is 4.98 Å². The topological polar surface area (TPSA) is 85.8 Å². The van der Waals surface area contributed by atoms with Gasteiger partial charge in [0, 0.05) is 38.9 Å². The van der Waals surface area contributed by atoms with Crippen LogP contribution in [0.5, 0.6) is 0 Å². The lowest BCUT2D eigenvalue weighted by molar-refractivity contribution is -0.113. The Kier molecular flexibility index (Phi) is 8.65. The number of benzene rings is 2. The van der Waals surface area contributed by atoms with Crippen molar-refractivity contribution in [2.45, 2.75) is 20.4 Å². The summed E-state index contributed by atoms with van der Waals surface area (Å²) in [4.78, 5) is 42.8. The molecule has 7 nitrogen and oxygen atoms in total. The Morgan fingerprint density at radius 3 is 2.32 bits per heavy atom. The van der Waals surface area contributed by atoms with E-state index in [-0.39, 0.29) is 6.61 Å². The molecule has 3 rings (SSSR count). The summed E-state index contributed by atoms with van der Waals surface area (Å²) in [6.07, 6.45) is 1.64. The van der Waals surface area contributed by atoms with E-state index in [0.717, 1.165) is 11.1 Å². The predicted molar refractivity (Wildman–Crippen MR) is 130 cm³/mol. The van der Waals surface area contributed by atoms with Crippen LogP contribution in [0.2, 0.25) is 0 Å². The third-order valence-electron chi connectivity index (χ3n) is 5.28. The van der Waals surface area contributed by atoms with Gasteiger partial charge in [-0.3, -0.25) is 9.59 Å². The van der Waals surface area contributed by atoms with Crippen LogP contribution in [0, 0.1) is 0 Å². The van der Waals surface area contributed by atoms with Gasteiger partial charge in [0.25, 0.3) is 0 Å². The molecule has 0 aliphatic carbocycles. The molecule has 0 aliphatic rings. The molecule has 0 unspecified atom stereocenters. The molecule has 3 aromatic rings. The van der Waals surface area contributed by atoms with Crippen LogP contribution in [0.15, 0.2) is 66.9 Å². The minimum absolute atomic E-state index is 0.278. The first-order chi connectivity index (χ1) is 16.5. The maximum absolute atomic E-state index is 12.5. The first-order valence-electron chi connectivity index (χ1n) is 11.1. The fourth-order valence-electron chi connectivity index (χ4n) is 3.61. The zero-order valence-corrected chi connectivity index (χ0v) is 19.6. The molecule has 0 bridgehead atoms. The zero-order valence-electron chi connectivity index (χ0n) is 19.6. The highest BCUT2D eigenvalue weighted by Crippen LogP contribution is 2.26. The number of nitrogens with zero attached hydrogens (tertiary/aromatic N) is 2. The standard InChI is InChI=1S/C27H28N2O5/c1-4-34-27(32)24-10-7-15-28-26(24)29(16-17-33-3)18-20-11-13-21(14-12-20)22-8-5-6-9-23(22)25(31)19(2)30/h5-15H,4,16-18H2,1-3H3. The number of pyridine rings is 1. The SMILES string of the molecule is CCOC(=O)c1cccnc1N(CCOC)Cc1ccc(-c2ccccc2C(=O)C(C)=O)cc1. The summed E-state index contributed by atoms with van der Waals surface area (Å²) < 4.78 is 10.5. The lowest BCUT2D eigenvalue weighted by Gasteiger charge is -2.25. The Labute approximate surface area is 199 Å². The van der Waals surface area contributed by atoms with Gasteiger partial charge in [0.1, 0.15) is 11.4 Å². The van der Waals surface area contributed by atoms with Gasteiger partial charge in [-0.25, -0.2) is 9.78 Å². The second-order valence-electron chi connectivity index (χ2n) is 7.64. The summed E-state index contributed by atoms with van der Waals surface area (Å²) in [5.74, 6) is -0.896. The number of rotatable bonds is 11. The number of carbonyl (C=O) groups is 3. The zero-order chi connectivity index (χ0) is 24.5.